The van der Waals surface area contributed by atoms with Gasteiger partial charge in [-0.1, -0.05) is 18.2 Å². The number of amides is 3. The molecule has 0 bridgehead atoms. The third-order valence-electron chi connectivity index (χ3n) is 5.45. The maximum atomic E-state index is 12.8. The number of carbonyl (C=O) groups excluding carboxylic acids is 3. The molecule has 1 saturated heterocycles. The molecule has 180 valence electrons. The fraction of sp³-hybridized carbons (Fsp3) is 0.320. The van der Waals surface area contributed by atoms with Gasteiger partial charge in [-0.25, -0.2) is 0 Å². The largest absolute Gasteiger partial charge is 0.493 e. The van der Waals surface area contributed by atoms with Crippen molar-refractivity contribution in [3.63, 3.8) is 0 Å². The Hall–Kier alpha value is -3.46. The van der Waals surface area contributed by atoms with Gasteiger partial charge in [-0.3, -0.25) is 19.3 Å². The number of carbonyl (C=O) groups is 3. The molecule has 9 heteroatoms. The number of methoxy groups -OCH3 is 3. The lowest BCUT2D eigenvalue weighted by atomic mass is 10.0. The second-order valence-electron chi connectivity index (χ2n) is 7.74. The normalized spacial score (nSPS) is 14.5. The molecule has 2 aromatic rings. The van der Waals surface area contributed by atoms with Crippen molar-refractivity contribution < 1.29 is 28.6 Å². The Labute approximate surface area is 203 Å². The first-order chi connectivity index (χ1) is 16.3. The maximum absolute atomic E-state index is 12.8. The van der Waals surface area contributed by atoms with Crippen molar-refractivity contribution in [1.29, 1.82) is 0 Å². The Morgan fingerprint density at radius 3 is 2.26 bits per heavy atom. The third kappa shape index (κ3) is 5.72. The van der Waals surface area contributed by atoms with Gasteiger partial charge < -0.3 is 19.5 Å². The lowest BCUT2D eigenvalue weighted by Gasteiger charge is -2.14. The first-order valence-corrected chi connectivity index (χ1v) is 11.5. The Balaban J connectivity index is 1.63. The molecule has 3 rings (SSSR count). The molecule has 1 aliphatic heterocycles. The number of thioether (sulfide) groups is 1. The maximum Gasteiger partial charge on any atom is 0.293 e. The van der Waals surface area contributed by atoms with Gasteiger partial charge in [-0.15, -0.1) is 0 Å². The van der Waals surface area contributed by atoms with Crippen molar-refractivity contribution in [3.8, 4) is 17.2 Å². The van der Waals surface area contributed by atoms with E-state index in [1.165, 1.54) is 26.9 Å². The quantitative estimate of drug-likeness (QED) is 0.542. The lowest BCUT2D eigenvalue weighted by Crippen LogP contribution is -2.37. The van der Waals surface area contributed by atoms with Gasteiger partial charge in [0.15, 0.2) is 11.5 Å². The van der Waals surface area contributed by atoms with Gasteiger partial charge in [0.2, 0.25) is 11.7 Å². The van der Waals surface area contributed by atoms with Gasteiger partial charge in [0.25, 0.3) is 11.1 Å². The van der Waals surface area contributed by atoms with E-state index < -0.39 is 5.91 Å². The molecule has 34 heavy (non-hydrogen) atoms. The number of benzene rings is 2. The van der Waals surface area contributed by atoms with Crippen LogP contribution in [0.4, 0.5) is 4.79 Å². The van der Waals surface area contributed by atoms with Crippen molar-refractivity contribution in [2.24, 2.45) is 0 Å². The molecule has 2 aromatic carbocycles. The van der Waals surface area contributed by atoms with Crippen LogP contribution in [-0.4, -0.2) is 56.4 Å². The molecule has 0 atom stereocenters. The van der Waals surface area contributed by atoms with Crippen LogP contribution >= 0.6 is 11.8 Å². The Morgan fingerprint density at radius 2 is 1.68 bits per heavy atom. The zero-order valence-electron chi connectivity index (χ0n) is 19.9. The molecule has 0 unspecified atom stereocenters. The minimum Gasteiger partial charge on any atom is -0.493 e. The molecule has 0 spiro atoms. The first kappa shape index (κ1) is 25.2. The zero-order valence-corrected chi connectivity index (χ0v) is 20.7. The number of ether oxygens (including phenoxy) is 3. The van der Waals surface area contributed by atoms with Crippen molar-refractivity contribution in [2.45, 2.75) is 20.3 Å². The van der Waals surface area contributed by atoms with Crippen LogP contribution < -0.4 is 19.5 Å². The van der Waals surface area contributed by atoms with Crippen molar-refractivity contribution >= 4 is 34.9 Å². The van der Waals surface area contributed by atoms with Crippen LogP contribution in [0.25, 0.3) is 6.08 Å². The highest BCUT2D eigenvalue weighted by Gasteiger charge is 2.34. The molecule has 1 heterocycles. The number of rotatable bonds is 9. The highest BCUT2D eigenvalue weighted by molar-refractivity contribution is 8.18. The van der Waals surface area contributed by atoms with Gasteiger partial charge in [0, 0.05) is 13.1 Å². The average Bonchev–Trinajstić information content (AvgIpc) is 3.07. The van der Waals surface area contributed by atoms with Gasteiger partial charge in [-0.05, 0) is 66.1 Å². The fourth-order valence-electron chi connectivity index (χ4n) is 3.50. The third-order valence-corrected chi connectivity index (χ3v) is 6.36. The molecule has 1 fully saturated rings. The van der Waals surface area contributed by atoms with Gasteiger partial charge in [0.1, 0.15) is 0 Å². The van der Waals surface area contributed by atoms with Gasteiger partial charge in [-0.2, -0.15) is 0 Å². The lowest BCUT2D eigenvalue weighted by molar-refractivity contribution is -0.124. The van der Waals surface area contributed by atoms with E-state index in [1.807, 2.05) is 32.0 Å². The summed E-state index contributed by atoms with van der Waals surface area (Å²) in [5.74, 6) is 0.750. The minimum atomic E-state index is -0.410. The smallest absolute Gasteiger partial charge is 0.293 e. The van der Waals surface area contributed by atoms with Crippen molar-refractivity contribution in [1.82, 2.24) is 10.2 Å². The molecule has 8 nitrogen and oxygen atoms in total. The van der Waals surface area contributed by atoms with Crippen LogP contribution in [0.2, 0.25) is 0 Å². The average molecular weight is 485 g/mol. The molecular weight excluding hydrogens is 456 g/mol. The van der Waals surface area contributed by atoms with E-state index in [2.05, 4.69) is 5.32 Å². The number of nitrogens with zero attached hydrogens (tertiary/aromatic N) is 1. The van der Waals surface area contributed by atoms with Crippen LogP contribution in [0.5, 0.6) is 17.2 Å². The predicted molar refractivity (Wildman–Crippen MR) is 131 cm³/mol. The topological polar surface area (TPSA) is 94.2 Å². The molecule has 1 aliphatic rings. The Kier molecular flexibility index (Phi) is 8.22. The SMILES string of the molecule is COc1cc(C=C2SC(=O)N(CCNC(=O)Cc3ccc(C)c(C)c3)C2=O)cc(OC)c1OC. The number of hydrogen-bond acceptors (Lipinski definition) is 7. The molecule has 0 aliphatic carbocycles. The van der Waals surface area contributed by atoms with E-state index in [0.717, 1.165) is 27.8 Å². The second-order valence-corrected chi connectivity index (χ2v) is 8.73. The van der Waals surface area contributed by atoms with Crippen LogP contribution in [0.3, 0.4) is 0 Å². The van der Waals surface area contributed by atoms with Crippen LogP contribution in [-0.2, 0) is 16.0 Å². The summed E-state index contributed by atoms with van der Waals surface area (Å²) in [4.78, 5) is 38.9. The number of aryl methyl sites for hydroxylation is 2. The van der Waals surface area contributed by atoms with E-state index in [9.17, 15) is 14.4 Å². The van der Waals surface area contributed by atoms with Crippen LogP contribution in [0.15, 0.2) is 35.2 Å². The molecule has 0 aromatic heterocycles. The predicted octanol–water partition coefficient (Wildman–Crippen LogP) is 3.72. The first-order valence-electron chi connectivity index (χ1n) is 10.7. The molecular formula is C25H28N2O6S. The monoisotopic (exact) mass is 484 g/mol. The summed E-state index contributed by atoms with van der Waals surface area (Å²) < 4.78 is 16.0. The van der Waals surface area contributed by atoms with Crippen molar-refractivity contribution in [2.75, 3.05) is 34.4 Å². The Bertz CT molecular complexity index is 1120. The summed E-state index contributed by atoms with van der Waals surface area (Å²) in [6.07, 6.45) is 1.84. The number of imide groups is 1. The zero-order chi connectivity index (χ0) is 24.8. The van der Waals surface area contributed by atoms with Crippen molar-refractivity contribution in [3.05, 3.63) is 57.5 Å². The summed E-state index contributed by atoms with van der Waals surface area (Å²) in [6.45, 7) is 4.29. The van der Waals surface area contributed by atoms with Crippen LogP contribution in [0.1, 0.15) is 22.3 Å². The summed E-state index contributed by atoms with van der Waals surface area (Å²) in [5.41, 5.74) is 3.84. The summed E-state index contributed by atoms with van der Waals surface area (Å²) in [7, 11) is 4.51. The molecule has 1 N–H and O–H groups in total. The molecule has 0 saturated carbocycles. The van der Waals surface area contributed by atoms with Gasteiger partial charge >= 0.3 is 0 Å². The second kappa shape index (κ2) is 11.1. The highest BCUT2D eigenvalue weighted by Crippen LogP contribution is 2.40. The Morgan fingerprint density at radius 1 is 1.00 bits per heavy atom. The summed E-state index contributed by atoms with van der Waals surface area (Å²) in [5, 5.41) is 2.40. The van der Waals surface area contributed by atoms with E-state index in [4.69, 9.17) is 14.2 Å². The van der Waals surface area contributed by atoms with Gasteiger partial charge in [0.05, 0.1) is 32.7 Å². The standard InChI is InChI=1S/C25H28N2O6S/c1-15-6-7-17(10-16(15)2)14-22(28)26-8-9-27-24(29)21(34-25(27)30)13-18-11-19(31-3)23(33-5)20(12-18)32-4/h6-7,10-13H,8-9,14H2,1-5H3,(H,26,28). The summed E-state index contributed by atoms with van der Waals surface area (Å²) >= 11 is 0.851. The molecule has 3 amide bonds. The fourth-order valence-corrected chi connectivity index (χ4v) is 4.36. The van der Waals surface area contributed by atoms with E-state index in [1.54, 1.807) is 18.2 Å². The minimum absolute atomic E-state index is 0.0932. The number of nitrogens with one attached hydrogen (secondary N) is 1. The summed E-state index contributed by atoms with van der Waals surface area (Å²) in [6, 6.07) is 9.29. The van der Waals surface area contributed by atoms with E-state index in [-0.39, 0.29) is 35.6 Å². The van der Waals surface area contributed by atoms with Crippen LogP contribution in [0, 0.1) is 13.8 Å². The van der Waals surface area contributed by atoms with E-state index in [0.29, 0.717) is 22.8 Å². The van der Waals surface area contributed by atoms with E-state index >= 15 is 0 Å². The highest BCUT2D eigenvalue weighted by atomic mass is 32.2. The number of hydrogen-bond donors (Lipinski definition) is 1. The molecule has 0 radical (unpaired) electrons.